The van der Waals surface area contributed by atoms with E-state index in [0.29, 0.717) is 24.3 Å². The number of aliphatic hydroxyl groups is 1. The Morgan fingerprint density at radius 1 is 1.16 bits per heavy atom. The summed E-state index contributed by atoms with van der Waals surface area (Å²) in [6.45, 7) is 2.38. The van der Waals surface area contributed by atoms with Crippen molar-refractivity contribution >= 4 is 16.8 Å². The SMILES string of the molecule is CCCOc1ccc(-c2ccncc2)cc1C(=O)N[C@H](CO)Cc1c[nH]c2ccccc12.[HH]. The number of hydrogen-bond donors (Lipinski definition) is 3. The molecule has 2 heterocycles. The van der Waals surface area contributed by atoms with E-state index in [1.807, 2.05) is 67.7 Å². The van der Waals surface area contributed by atoms with Crippen LogP contribution in [0.4, 0.5) is 0 Å². The van der Waals surface area contributed by atoms with Crippen molar-refractivity contribution in [2.24, 2.45) is 0 Å². The molecule has 0 aliphatic carbocycles. The number of nitrogens with one attached hydrogen (secondary N) is 2. The van der Waals surface area contributed by atoms with Crippen LogP contribution in [0, 0.1) is 0 Å². The first kappa shape index (κ1) is 21.6. The molecule has 166 valence electrons. The zero-order valence-corrected chi connectivity index (χ0v) is 18.0. The summed E-state index contributed by atoms with van der Waals surface area (Å²) in [5, 5.41) is 14.0. The number of aromatic nitrogens is 2. The number of nitrogens with zero attached hydrogens (tertiary/aromatic N) is 1. The summed E-state index contributed by atoms with van der Waals surface area (Å²) in [7, 11) is 0. The molecule has 0 aliphatic rings. The number of pyridine rings is 1. The molecule has 1 atom stereocenters. The summed E-state index contributed by atoms with van der Waals surface area (Å²) < 4.78 is 5.84. The maximum atomic E-state index is 13.3. The third-order valence-electron chi connectivity index (χ3n) is 5.40. The molecular weight excluding hydrogens is 402 g/mol. The first-order chi connectivity index (χ1) is 15.7. The lowest BCUT2D eigenvalue weighted by Crippen LogP contribution is -2.39. The third-order valence-corrected chi connectivity index (χ3v) is 5.40. The Morgan fingerprint density at radius 3 is 2.75 bits per heavy atom. The lowest BCUT2D eigenvalue weighted by Gasteiger charge is -2.18. The van der Waals surface area contributed by atoms with Crippen LogP contribution in [0.25, 0.3) is 22.0 Å². The number of aromatic amines is 1. The fourth-order valence-corrected chi connectivity index (χ4v) is 3.76. The highest BCUT2D eigenvalue weighted by atomic mass is 16.5. The Balaban J connectivity index is 0.00000306. The lowest BCUT2D eigenvalue weighted by molar-refractivity contribution is 0.0912. The molecule has 0 radical (unpaired) electrons. The summed E-state index contributed by atoms with van der Waals surface area (Å²) in [5.41, 5.74) is 4.40. The van der Waals surface area contributed by atoms with Gasteiger partial charge in [-0.3, -0.25) is 9.78 Å². The first-order valence-electron chi connectivity index (χ1n) is 10.8. The largest absolute Gasteiger partial charge is 0.493 e. The van der Waals surface area contributed by atoms with Gasteiger partial charge in [-0.15, -0.1) is 0 Å². The summed E-state index contributed by atoms with van der Waals surface area (Å²) in [5.74, 6) is 0.261. The van der Waals surface area contributed by atoms with Crippen molar-refractivity contribution in [1.29, 1.82) is 0 Å². The molecule has 0 bridgehead atoms. The monoisotopic (exact) mass is 431 g/mol. The molecule has 32 heavy (non-hydrogen) atoms. The minimum Gasteiger partial charge on any atom is -0.493 e. The molecule has 4 rings (SSSR count). The highest BCUT2D eigenvalue weighted by Crippen LogP contribution is 2.27. The van der Waals surface area contributed by atoms with Crippen molar-refractivity contribution in [2.45, 2.75) is 25.8 Å². The van der Waals surface area contributed by atoms with Crippen LogP contribution in [0.3, 0.4) is 0 Å². The number of rotatable bonds is 9. The maximum Gasteiger partial charge on any atom is 0.255 e. The van der Waals surface area contributed by atoms with E-state index in [1.54, 1.807) is 12.4 Å². The Labute approximate surface area is 188 Å². The van der Waals surface area contributed by atoms with E-state index in [4.69, 9.17) is 4.74 Å². The number of amides is 1. The number of ether oxygens (including phenoxy) is 1. The zero-order valence-electron chi connectivity index (χ0n) is 18.0. The standard InChI is InChI=1S/C26H27N3O3.H2/c1-2-13-32-25-8-7-19(18-9-11-27-12-10-18)15-23(25)26(31)29-21(17-30)14-20-16-28-24-6-4-3-5-22(20)24;/h3-12,15-16,21,28,30H,2,13-14,17H2,1H3,(H,29,31);1H/t21-;/m0./s1. The van der Waals surface area contributed by atoms with Crippen molar-refractivity contribution in [1.82, 2.24) is 15.3 Å². The number of H-pyrrole nitrogens is 1. The van der Waals surface area contributed by atoms with Crippen molar-refractivity contribution in [2.75, 3.05) is 13.2 Å². The van der Waals surface area contributed by atoms with Gasteiger partial charge in [0.15, 0.2) is 0 Å². The van der Waals surface area contributed by atoms with E-state index in [9.17, 15) is 9.90 Å². The van der Waals surface area contributed by atoms with Crippen LogP contribution in [-0.2, 0) is 6.42 Å². The molecule has 6 heteroatoms. The second kappa shape index (κ2) is 10.1. The highest BCUT2D eigenvalue weighted by Gasteiger charge is 2.19. The van der Waals surface area contributed by atoms with Crippen LogP contribution in [0.1, 0.15) is 30.7 Å². The summed E-state index contributed by atoms with van der Waals surface area (Å²) in [4.78, 5) is 20.6. The molecular formula is C26H29N3O3. The van der Waals surface area contributed by atoms with E-state index in [2.05, 4.69) is 15.3 Å². The molecule has 6 nitrogen and oxygen atoms in total. The predicted molar refractivity (Wildman–Crippen MR) is 128 cm³/mol. The number of para-hydroxylation sites is 1. The van der Waals surface area contributed by atoms with Gasteiger partial charge in [0.05, 0.1) is 24.8 Å². The van der Waals surface area contributed by atoms with Crippen molar-refractivity contribution in [3.63, 3.8) is 0 Å². The molecule has 0 aliphatic heterocycles. The minimum atomic E-state index is -0.426. The van der Waals surface area contributed by atoms with E-state index in [-0.39, 0.29) is 13.9 Å². The molecule has 0 saturated carbocycles. The molecule has 0 fully saturated rings. The van der Waals surface area contributed by atoms with Gasteiger partial charge in [-0.2, -0.15) is 0 Å². The molecule has 0 unspecified atom stereocenters. The quantitative estimate of drug-likeness (QED) is 0.361. The van der Waals surface area contributed by atoms with Gasteiger partial charge in [0.2, 0.25) is 0 Å². The van der Waals surface area contributed by atoms with Crippen LogP contribution in [0.15, 0.2) is 73.2 Å². The van der Waals surface area contributed by atoms with Crippen LogP contribution in [0.2, 0.25) is 0 Å². The van der Waals surface area contributed by atoms with Gasteiger partial charge >= 0.3 is 0 Å². The Kier molecular flexibility index (Phi) is 6.82. The Morgan fingerprint density at radius 2 is 1.97 bits per heavy atom. The number of benzene rings is 2. The van der Waals surface area contributed by atoms with Gasteiger partial charge in [-0.1, -0.05) is 31.2 Å². The number of fused-ring (bicyclic) bond motifs is 1. The van der Waals surface area contributed by atoms with Gasteiger partial charge in [0, 0.05) is 30.9 Å². The fraction of sp³-hybridized carbons (Fsp3) is 0.231. The summed E-state index contributed by atoms with van der Waals surface area (Å²) in [6, 6.07) is 17.0. The smallest absolute Gasteiger partial charge is 0.255 e. The average molecular weight is 432 g/mol. The maximum absolute atomic E-state index is 13.3. The van der Waals surface area contributed by atoms with E-state index in [0.717, 1.165) is 34.0 Å². The second-order valence-electron chi connectivity index (χ2n) is 7.71. The number of carbonyl (C=O) groups excluding carboxylic acids is 1. The zero-order chi connectivity index (χ0) is 22.3. The van der Waals surface area contributed by atoms with Gasteiger partial charge in [0.1, 0.15) is 5.75 Å². The van der Waals surface area contributed by atoms with Gasteiger partial charge < -0.3 is 20.1 Å². The van der Waals surface area contributed by atoms with Gasteiger partial charge in [0.25, 0.3) is 5.91 Å². The van der Waals surface area contributed by atoms with Crippen molar-refractivity contribution < 1.29 is 16.1 Å². The number of hydrogen-bond acceptors (Lipinski definition) is 4. The lowest BCUT2D eigenvalue weighted by atomic mass is 10.0. The third kappa shape index (κ3) is 4.81. The second-order valence-corrected chi connectivity index (χ2v) is 7.71. The van der Waals surface area contributed by atoms with Crippen LogP contribution < -0.4 is 10.1 Å². The molecule has 0 saturated heterocycles. The van der Waals surface area contributed by atoms with Crippen molar-refractivity contribution in [3.8, 4) is 16.9 Å². The molecule has 0 spiro atoms. The Hall–Kier alpha value is -3.64. The first-order valence-corrected chi connectivity index (χ1v) is 10.8. The van der Waals surface area contributed by atoms with Gasteiger partial charge in [-0.05, 0) is 59.9 Å². The van der Waals surface area contributed by atoms with E-state index < -0.39 is 6.04 Å². The fourth-order valence-electron chi connectivity index (χ4n) is 3.76. The topological polar surface area (TPSA) is 87.2 Å². The highest BCUT2D eigenvalue weighted by molar-refractivity contribution is 5.98. The van der Waals surface area contributed by atoms with Gasteiger partial charge in [-0.25, -0.2) is 0 Å². The summed E-state index contributed by atoms with van der Waals surface area (Å²) in [6.07, 6.45) is 6.73. The van der Waals surface area contributed by atoms with Crippen LogP contribution >= 0.6 is 0 Å². The number of carbonyl (C=O) groups is 1. The van der Waals surface area contributed by atoms with E-state index >= 15 is 0 Å². The minimum absolute atomic E-state index is 0. The molecule has 1 amide bonds. The molecule has 2 aromatic carbocycles. The van der Waals surface area contributed by atoms with E-state index in [1.165, 1.54) is 0 Å². The predicted octanol–water partition coefficient (Wildman–Crippen LogP) is 4.60. The molecule has 4 aromatic rings. The molecule has 2 aromatic heterocycles. The van der Waals surface area contributed by atoms with Crippen molar-refractivity contribution in [3.05, 3.63) is 84.3 Å². The average Bonchev–Trinajstić information content (AvgIpc) is 3.25. The summed E-state index contributed by atoms with van der Waals surface area (Å²) >= 11 is 0. The van der Waals surface area contributed by atoms with Crippen LogP contribution in [-0.4, -0.2) is 40.2 Å². The molecule has 3 N–H and O–H groups in total. The normalized spacial score (nSPS) is 11.9. The van der Waals surface area contributed by atoms with Crippen LogP contribution in [0.5, 0.6) is 5.75 Å². The number of aliphatic hydroxyl groups excluding tert-OH is 1. The Bertz CT molecular complexity index is 1190.